The van der Waals surface area contributed by atoms with E-state index in [2.05, 4.69) is 11.0 Å². The molecule has 0 unspecified atom stereocenters. The Morgan fingerprint density at radius 3 is 2.50 bits per heavy atom. The first kappa shape index (κ1) is 24.2. The summed E-state index contributed by atoms with van der Waals surface area (Å²) in [4.78, 5) is 31.0. The number of carbonyl (C=O) groups excluding carboxylic acids is 1. The van der Waals surface area contributed by atoms with Crippen molar-refractivity contribution in [3.8, 4) is 6.07 Å². The predicted octanol–water partition coefficient (Wildman–Crippen LogP) is 4.83. The van der Waals surface area contributed by atoms with Crippen molar-refractivity contribution in [2.45, 2.75) is 52.6 Å². The number of nitrogens with zero attached hydrogens (tertiary/aromatic N) is 4. The molecule has 2 saturated heterocycles. The van der Waals surface area contributed by atoms with E-state index in [0.29, 0.717) is 27.9 Å². The van der Waals surface area contributed by atoms with E-state index in [-0.39, 0.29) is 17.0 Å². The Hall–Kier alpha value is -2.89. The number of carbonyl (C=O) groups is 1. The number of rotatable bonds is 6. The molecule has 0 bridgehead atoms. The first-order chi connectivity index (χ1) is 16.5. The highest BCUT2D eigenvalue weighted by molar-refractivity contribution is 8.26. The lowest BCUT2D eigenvalue weighted by molar-refractivity contribution is -0.122. The molecule has 0 aliphatic carbocycles. The first-order valence-corrected chi connectivity index (χ1v) is 12.9. The number of pyridine rings is 1. The Morgan fingerprint density at radius 2 is 1.85 bits per heavy atom. The molecule has 176 valence electrons. The number of thioether (sulfide) groups is 1. The molecule has 1 amide bonds. The van der Waals surface area contributed by atoms with E-state index in [9.17, 15) is 14.9 Å². The zero-order chi connectivity index (χ0) is 24.2. The fourth-order valence-electron chi connectivity index (χ4n) is 4.55. The van der Waals surface area contributed by atoms with Crippen LogP contribution >= 0.6 is 24.0 Å². The van der Waals surface area contributed by atoms with Gasteiger partial charge < -0.3 is 4.90 Å². The molecule has 0 atom stereocenters. The summed E-state index contributed by atoms with van der Waals surface area (Å²) in [5.74, 6) is 0.672. The number of aromatic nitrogens is 1. The summed E-state index contributed by atoms with van der Waals surface area (Å²) >= 11 is 6.82. The molecule has 0 radical (unpaired) electrons. The summed E-state index contributed by atoms with van der Waals surface area (Å²) in [6.45, 7) is 6.47. The van der Waals surface area contributed by atoms with Gasteiger partial charge in [0.25, 0.3) is 11.5 Å². The maximum Gasteiger partial charge on any atom is 0.270 e. The second kappa shape index (κ2) is 10.6. The van der Waals surface area contributed by atoms with Crippen LogP contribution in [-0.2, 0) is 17.9 Å². The van der Waals surface area contributed by atoms with Gasteiger partial charge >= 0.3 is 0 Å². The van der Waals surface area contributed by atoms with E-state index in [0.717, 1.165) is 55.7 Å². The molecule has 0 spiro atoms. The molecular weight excluding hydrogens is 464 g/mol. The second-order valence-corrected chi connectivity index (χ2v) is 10.3. The van der Waals surface area contributed by atoms with Gasteiger partial charge in [-0.1, -0.05) is 61.2 Å². The number of piperidine rings is 1. The Kier molecular flexibility index (Phi) is 7.54. The third kappa shape index (κ3) is 4.68. The maximum absolute atomic E-state index is 13.4. The SMILES string of the molecule is CCCn1c(N2CCCCC2)c(/C=C2\SC(=S)N(Cc3ccccc3)C2=O)c(C)c(C#N)c1=O. The van der Waals surface area contributed by atoms with Gasteiger partial charge in [-0.25, -0.2) is 0 Å². The first-order valence-electron chi connectivity index (χ1n) is 11.7. The summed E-state index contributed by atoms with van der Waals surface area (Å²) in [6, 6.07) is 11.9. The Morgan fingerprint density at radius 1 is 1.15 bits per heavy atom. The van der Waals surface area contributed by atoms with E-state index in [1.54, 1.807) is 16.4 Å². The third-order valence-electron chi connectivity index (χ3n) is 6.28. The van der Waals surface area contributed by atoms with E-state index in [1.165, 1.54) is 11.8 Å². The lowest BCUT2D eigenvalue weighted by atomic mass is 10.0. The number of amides is 1. The van der Waals surface area contributed by atoms with Gasteiger partial charge in [0.05, 0.1) is 11.4 Å². The number of benzene rings is 1. The molecule has 2 aromatic rings. The van der Waals surface area contributed by atoms with Crippen LogP contribution in [0.15, 0.2) is 40.0 Å². The monoisotopic (exact) mass is 492 g/mol. The van der Waals surface area contributed by atoms with Crippen LogP contribution in [0.5, 0.6) is 0 Å². The van der Waals surface area contributed by atoms with Crippen molar-refractivity contribution in [2.24, 2.45) is 0 Å². The van der Waals surface area contributed by atoms with Crippen molar-refractivity contribution in [3.05, 3.63) is 67.8 Å². The number of anilines is 1. The molecule has 0 saturated carbocycles. The van der Waals surface area contributed by atoms with E-state index >= 15 is 0 Å². The Balaban J connectivity index is 1.82. The van der Waals surface area contributed by atoms with Gasteiger partial charge in [-0.3, -0.25) is 19.1 Å². The highest BCUT2D eigenvalue weighted by Gasteiger charge is 2.33. The summed E-state index contributed by atoms with van der Waals surface area (Å²) in [5, 5.41) is 9.78. The van der Waals surface area contributed by atoms with Gasteiger partial charge in [-0.15, -0.1) is 0 Å². The van der Waals surface area contributed by atoms with Crippen molar-refractivity contribution in [1.82, 2.24) is 9.47 Å². The molecule has 1 aromatic heterocycles. The summed E-state index contributed by atoms with van der Waals surface area (Å²) < 4.78 is 2.24. The number of nitriles is 1. The molecule has 2 aliphatic heterocycles. The largest absolute Gasteiger partial charge is 0.357 e. The maximum atomic E-state index is 13.4. The van der Waals surface area contributed by atoms with Gasteiger partial charge in [0.1, 0.15) is 21.8 Å². The molecule has 4 rings (SSSR count). The van der Waals surface area contributed by atoms with E-state index in [1.807, 2.05) is 43.3 Å². The number of hydrogen-bond acceptors (Lipinski definition) is 6. The number of thiocarbonyl (C=S) groups is 1. The van der Waals surface area contributed by atoms with Crippen LogP contribution in [0.2, 0.25) is 0 Å². The van der Waals surface area contributed by atoms with Crippen LogP contribution in [0.25, 0.3) is 6.08 Å². The zero-order valence-electron chi connectivity index (χ0n) is 19.5. The van der Waals surface area contributed by atoms with Crippen molar-refractivity contribution < 1.29 is 4.79 Å². The van der Waals surface area contributed by atoms with E-state index in [4.69, 9.17) is 12.2 Å². The van der Waals surface area contributed by atoms with Crippen molar-refractivity contribution in [2.75, 3.05) is 18.0 Å². The van der Waals surface area contributed by atoms with Crippen LogP contribution in [-0.4, -0.2) is 32.8 Å². The minimum atomic E-state index is -0.254. The normalized spacial score (nSPS) is 17.5. The average molecular weight is 493 g/mol. The van der Waals surface area contributed by atoms with Crippen LogP contribution < -0.4 is 10.5 Å². The number of hydrogen-bond donors (Lipinski definition) is 0. The van der Waals surface area contributed by atoms with Gasteiger partial charge in [-0.05, 0) is 49.8 Å². The quantitative estimate of drug-likeness (QED) is 0.425. The Bertz CT molecular complexity index is 1240. The highest BCUT2D eigenvalue weighted by atomic mass is 32.2. The second-order valence-electron chi connectivity index (χ2n) is 8.61. The highest BCUT2D eigenvalue weighted by Crippen LogP contribution is 2.37. The van der Waals surface area contributed by atoms with Gasteiger partial charge in [0.15, 0.2) is 0 Å². The summed E-state index contributed by atoms with van der Waals surface area (Å²) in [6.07, 6.45) is 5.89. The lowest BCUT2D eigenvalue weighted by Gasteiger charge is -2.33. The molecule has 34 heavy (non-hydrogen) atoms. The van der Waals surface area contributed by atoms with Gasteiger partial charge in [-0.2, -0.15) is 5.26 Å². The predicted molar refractivity (Wildman–Crippen MR) is 142 cm³/mol. The van der Waals surface area contributed by atoms with Crippen molar-refractivity contribution >= 4 is 46.1 Å². The molecule has 2 fully saturated rings. The fraction of sp³-hybridized carbons (Fsp3) is 0.385. The van der Waals surface area contributed by atoms with Gasteiger partial charge in [0, 0.05) is 25.2 Å². The topological polar surface area (TPSA) is 69.3 Å². The zero-order valence-corrected chi connectivity index (χ0v) is 21.2. The molecule has 6 nitrogen and oxygen atoms in total. The van der Waals surface area contributed by atoms with Crippen LogP contribution in [0.3, 0.4) is 0 Å². The molecule has 0 N–H and O–H groups in total. The van der Waals surface area contributed by atoms with Crippen LogP contribution in [0.1, 0.15) is 54.9 Å². The minimum Gasteiger partial charge on any atom is -0.357 e. The average Bonchev–Trinajstić information content (AvgIpc) is 3.11. The smallest absolute Gasteiger partial charge is 0.270 e. The molecule has 8 heteroatoms. The third-order valence-corrected chi connectivity index (χ3v) is 7.66. The van der Waals surface area contributed by atoms with Gasteiger partial charge in [0.2, 0.25) is 0 Å². The lowest BCUT2D eigenvalue weighted by Crippen LogP contribution is -2.37. The molecule has 1 aromatic carbocycles. The minimum absolute atomic E-state index is 0.139. The summed E-state index contributed by atoms with van der Waals surface area (Å²) in [7, 11) is 0. The molecular formula is C26H28N4O2S2. The molecule has 3 heterocycles. The van der Waals surface area contributed by atoms with Crippen molar-refractivity contribution in [1.29, 1.82) is 5.26 Å². The Labute approximate surface area is 209 Å². The van der Waals surface area contributed by atoms with Crippen LogP contribution in [0.4, 0.5) is 5.82 Å². The summed E-state index contributed by atoms with van der Waals surface area (Å²) in [5.41, 5.74) is 2.28. The van der Waals surface area contributed by atoms with Crippen molar-refractivity contribution in [3.63, 3.8) is 0 Å². The standard InChI is InChI=1S/C26H28N4O2S2/c1-3-12-29-23(28-13-8-5-9-14-28)20(18(2)21(16-27)24(29)31)15-22-25(32)30(26(33)34-22)17-19-10-6-4-7-11-19/h4,6-7,10-11,15H,3,5,8-9,12-14,17H2,1-2H3/b22-15-. The van der Waals surface area contributed by atoms with Crippen LogP contribution in [0, 0.1) is 18.3 Å². The fourth-order valence-corrected chi connectivity index (χ4v) is 5.79. The molecule has 2 aliphatic rings. The van der Waals surface area contributed by atoms with E-state index < -0.39 is 0 Å².